The number of carboxylic acid groups (broad SMARTS) is 1. The van der Waals surface area contributed by atoms with Gasteiger partial charge in [0.05, 0.1) is 6.61 Å². The summed E-state index contributed by atoms with van der Waals surface area (Å²) >= 11 is 0. The Kier molecular flexibility index (Phi) is 5.91. The molecule has 1 aliphatic carbocycles. The lowest BCUT2D eigenvalue weighted by Crippen LogP contribution is -2.51. The van der Waals surface area contributed by atoms with E-state index in [1.807, 2.05) is 0 Å². The Bertz CT molecular complexity index is 290. The van der Waals surface area contributed by atoms with Crippen LogP contribution >= 0.6 is 0 Å². The van der Waals surface area contributed by atoms with Gasteiger partial charge in [-0.2, -0.15) is 0 Å². The lowest BCUT2D eigenvalue weighted by atomic mass is 9.95. The zero-order valence-electron chi connectivity index (χ0n) is 11.0. The third-order valence-electron chi connectivity index (χ3n) is 3.37. The van der Waals surface area contributed by atoms with Crippen molar-refractivity contribution >= 4 is 12.0 Å². The van der Waals surface area contributed by atoms with Gasteiger partial charge < -0.3 is 20.1 Å². The zero-order chi connectivity index (χ0) is 13.5. The minimum atomic E-state index is -1.08. The molecule has 2 N–H and O–H groups in total. The SMILES string of the molecule is COCC(NC(=O)N(C)C1CCCCC1)C(=O)O. The third kappa shape index (κ3) is 4.18. The number of ether oxygens (including phenoxy) is 1. The van der Waals surface area contributed by atoms with Crippen molar-refractivity contribution in [1.82, 2.24) is 10.2 Å². The van der Waals surface area contributed by atoms with E-state index in [2.05, 4.69) is 5.32 Å². The van der Waals surface area contributed by atoms with Gasteiger partial charge in [-0.3, -0.25) is 0 Å². The maximum absolute atomic E-state index is 11.9. The van der Waals surface area contributed by atoms with Gasteiger partial charge in [0.2, 0.25) is 0 Å². The fraction of sp³-hybridized carbons (Fsp3) is 0.833. The topological polar surface area (TPSA) is 78.9 Å². The summed E-state index contributed by atoms with van der Waals surface area (Å²) in [5.41, 5.74) is 0. The van der Waals surface area contributed by atoms with Crippen molar-refractivity contribution in [2.75, 3.05) is 20.8 Å². The summed E-state index contributed by atoms with van der Waals surface area (Å²) in [6.45, 7) is -0.0282. The largest absolute Gasteiger partial charge is 0.480 e. The first kappa shape index (κ1) is 14.8. The van der Waals surface area contributed by atoms with Crippen molar-refractivity contribution in [3.05, 3.63) is 0 Å². The van der Waals surface area contributed by atoms with Crippen LogP contribution < -0.4 is 5.32 Å². The predicted molar refractivity (Wildman–Crippen MR) is 66.5 cm³/mol. The fourth-order valence-corrected chi connectivity index (χ4v) is 2.23. The molecule has 1 saturated carbocycles. The molecule has 0 radical (unpaired) electrons. The second kappa shape index (κ2) is 7.20. The first-order valence-electron chi connectivity index (χ1n) is 6.31. The molecule has 0 saturated heterocycles. The van der Waals surface area contributed by atoms with Crippen LogP contribution in [0.5, 0.6) is 0 Å². The first-order chi connectivity index (χ1) is 8.56. The maximum atomic E-state index is 11.9. The van der Waals surface area contributed by atoms with E-state index < -0.39 is 12.0 Å². The van der Waals surface area contributed by atoms with E-state index in [1.54, 1.807) is 11.9 Å². The molecule has 0 heterocycles. The van der Waals surface area contributed by atoms with E-state index in [1.165, 1.54) is 13.5 Å². The van der Waals surface area contributed by atoms with Crippen molar-refractivity contribution in [2.45, 2.75) is 44.2 Å². The molecule has 6 nitrogen and oxygen atoms in total. The number of urea groups is 1. The van der Waals surface area contributed by atoms with Crippen LogP contribution in [0.15, 0.2) is 0 Å². The van der Waals surface area contributed by atoms with E-state index in [0.29, 0.717) is 0 Å². The highest BCUT2D eigenvalue weighted by molar-refractivity contribution is 5.82. The molecule has 0 aromatic carbocycles. The van der Waals surface area contributed by atoms with Crippen molar-refractivity contribution < 1.29 is 19.4 Å². The molecule has 1 unspecified atom stereocenters. The molecular weight excluding hydrogens is 236 g/mol. The normalized spacial score (nSPS) is 18.1. The van der Waals surface area contributed by atoms with E-state index in [9.17, 15) is 9.59 Å². The predicted octanol–water partition coefficient (Wildman–Crippen LogP) is 1.06. The molecule has 1 fully saturated rings. The minimum absolute atomic E-state index is 0.0282. The van der Waals surface area contributed by atoms with Crippen LogP contribution in [0.3, 0.4) is 0 Å². The van der Waals surface area contributed by atoms with E-state index in [0.717, 1.165) is 25.7 Å². The minimum Gasteiger partial charge on any atom is -0.480 e. The smallest absolute Gasteiger partial charge is 0.328 e. The van der Waals surface area contributed by atoms with Crippen LogP contribution in [0, 0.1) is 0 Å². The van der Waals surface area contributed by atoms with Gasteiger partial charge in [0.25, 0.3) is 0 Å². The summed E-state index contributed by atoms with van der Waals surface area (Å²) in [6.07, 6.45) is 5.46. The molecule has 104 valence electrons. The van der Waals surface area contributed by atoms with E-state index in [4.69, 9.17) is 9.84 Å². The fourth-order valence-electron chi connectivity index (χ4n) is 2.23. The van der Waals surface area contributed by atoms with Crippen molar-refractivity contribution in [3.8, 4) is 0 Å². The summed E-state index contributed by atoms with van der Waals surface area (Å²) in [7, 11) is 3.13. The Morgan fingerprint density at radius 2 is 2.00 bits per heavy atom. The number of hydrogen-bond acceptors (Lipinski definition) is 3. The van der Waals surface area contributed by atoms with Gasteiger partial charge in [0.1, 0.15) is 0 Å². The standard InChI is InChI=1S/C12H22N2O4/c1-14(9-6-4-3-5-7-9)12(17)13-10(8-18-2)11(15)16/h9-10H,3-8H2,1-2H3,(H,13,17)(H,15,16). The average Bonchev–Trinajstić information content (AvgIpc) is 2.38. The molecule has 0 aliphatic heterocycles. The van der Waals surface area contributed by atoms with Crippen LogP contribution in [0.25, 0.3) is 0 Å². The van der Waals surface area contributed by atoms with Gasteiger partial charge in [-0.1, -0.05) is 19.3 Å². The number of nitrogens with zero attached hydrogens (tertiary/aromatic N) is 1. The molecule has 0 aromatic heterocycles. The number of hydrogen-bond donors (Lipinski definition) is 2. The summed E-state index contributed by atoms with van der Waals surface area (Å²) in [6, 6.07) is -1.12. The van der Waals surface area contributed by atoms with Crippen LogP contribution in [-0.4, -0.2) is 54.9 Å². The highest BCUT2D eigenvalue weighted by Crippen LogP contribution is 2.21. The molecule has 18 heavy (non-hydrogen) atoms. The number of methoxy groups -OCH3 is 1. The van der Waals surface area contributed by atoms with E-state index >= 15 is 0 Å². The first-order valence-corrected chi connectivity index (χ1v) is 6.31. The Hall–Kier alpha value is -1.30. The Morgan fingerprint density at radius 3 is 2.50 bits per heavy atom. The monoisotopic (exact) mass is 258 g/mol. The van der Waals surface area contributed by atoms with Crippen LogP contribution in [0.4, 0.5) is 4.79 Å². The Morgan fingerprint density at radius 1 is 1.39 bits per heavy atom. The van der Waals surface area contributed by atoms with Gasteiger partial charge in [0.15, 0.2) is 6.04 Å². The average molecular weight is 258 g/mol. The number of carboxylic acids is 1. The summed E-state index contributed by atoms with van der Waals surface area (Å²) in [4.78, 5) is 24.5. The number of aliphatic carboxylic acids is 1. The molecule has 1 rings (SSSR count). The Labute approximate surface area is 107 Å². The second-order valence-electron chi connectivity index (χ2n) is 4.70. The number of carbonyl (C=O) groups excluding carboxylic acids is 1. The number of amides is 2. The van der Waals surface area contributed by atoms with Crippen molar-refractivity contribution in [2.24, 2.45) is 0 Å². The molecule has 1 aliphatic rings. The molecular formula is C12H22N2O4. The van der Waals surface area contributed by atoms with Crippen molar-refractivity contribution in [1.29, 1.82) is 0 Å². The molecule has 6 heteroatoms. The zero-order valence-corrected chi connectivity index (χ0v) is 11.0. The highest BCUT2D eigenvalue weighted by atomic mass is 16.5. The number of carbonyl (C=O) groups is 2. The molecule has 0 bridgehead atoms. The molecule has 0 aromatic rings. The van der Waals surface area contributed by atoms with Crippen LogP contribution in [0.1, 0.15) is 32.1 Å². The van der Waals surface area contributed by atoms with E-state index in [-0.39, 0.29) is 18.7 Å². The van der Waals surface area contributed by atoms with Crippen LogP contribution in [0.2, 0.25) is 0 Å². The quantitative estimate of drug-likeness (QED) is 0.773. The maximum Gasteiger partial charge on any atom is 0.328 e. The van der Waals surface area contributed by atoms with Gasteiger partial charge in [0, 0.05) is 20.2 Å². The van der Waals surface area contributed by atoms with Gasteiger partial charge in [-0.15, -0.1) is 0 Å². The highest BCUT2D eigenvalue weighted by Gasteiger charge is 2.26. The lowest BCUT2D eigenvalue weighted by Gasteiger charge is -2.32. The number of nitrogens with one attached hydrogen (secondary N) is 1. The second-order valence-corrected chi connectivity index (χ2v) is 4.70. The van der Waals surface area contributed by atoms with Crippen LogP contribution in [-0.2, 0) is 9.53 Å². The van der Waals surface area contributed by atoms with Gasteiger partial charge in [-0.05, 0) is 12.8 Å². The van der Waals surface area contributed by atoms with Gasteiger partial charge >= 0.3 is 12.0 Å². The summed E-state index contributed by atoms with van der Waals surface area (Å²) in [5.74, 6) is -1.08. The lowest BCUT2D eigenvalue weighted by molar-refractivity contribution is -0.140. The Balaban J connectivity index is 2.48. The number of rotatable bonds is 5. The summed E-state index contributed by atoms with van der Waals surface area (Å²) < 4.78 is 4.78. The molecule has 1 atom stereocenters. The third-order valence-corrected chi connectivity index (χ3v) is 3.37. The van der Waals surface area contributed by atoms with Gasteiger partial charge in [-0.25, -0.2) is 9.59 Å². The molecule has 2 amide bonds. The van der Waals surface area contributed by atoms with Crippen molar-refractivity contribution in [3.63, 3.8) is 0 Å². The molecule has 0 spiro atoms. The summed E-state index contributed by atoms with van der Waals surface area (Å²) in [5, 5.41) is 11.4.